The Labute approximate surface area is 197 Å². The summed E-state index contributed by atoms with van der Waals surface area (Å²) in [6.45, 7) is 1.94. The van der Waals surface area contributed by atoms with Crippen molar-refractivity contribution in [2.45, 2.75) is 19.0 Å². The van der Waals surface area contributed by atoms with Crippen LogP contribution in [0.25, 0.3) is 0 Å². The molecule has 0 aliphatic carbocycles. The Morgan fingerprint density at radius 3 is 2.83 bits per heavy atom. The van der Waals surface area contributed by atoms with Crippen LogP contribution in [0.5, 0.6) is 5.75 Å². The number of methoxy groups -OCH3 is 1. The lowest BCUT2D eigenvalue weighted by Gasteiger charge is -2.22. The summed E-state index contributed by atoms with van der Waals surface area (Å²) in [6, 6.07) is 12.4. The number of para-hydroxylation sites is 1. The molecule has 1 aliphatic heterocycles. The monoisotopic (exact) mass is 545 g/mol. The highest BCUT2D eigenvalue weighted by Crippen LogP contribution is 2.33. The molecule has 1 heterocycles. The van der Waals surface area contributed by atoms with Crippen molar-refractivity contribution in [3.05, 3.63) is 63.2 Å². The molecule has 2 aromatic carbocycles. The number of hydrogen-bond acceptors (Lipinski definition) is 5. The quantitative estimate of drug-likeness (QED) is 0.189. The Morgan fingerprint density at radius 2 is 2.13 bits per heavy atom. The van der Waals surface area contributed by atoms with E-state index in [1.807, 2.05) is 18.2 Å². The van der Waals surface area contributed by atoms with Gasteiger partial charge in [-0.3, -0.25) is 15.1 Å². The zero-order valence-corrected chi connectivity index (χ0v) is 19.9. The van der Waals surface area contributed by atoms with Gasteiger partial charge in [-0.05, 0) is 24.6 Å². The Kier molecular flexibility index (Phi) is 8.97. The third kappa shape index (κ3) is 5.88. The maximum atomic E-state index is 11.2. The van der Waals surface area contributed by atoms with E-state index in [2.05, 4.69) is 20.5 Å². The van der Waals surface area contributed by atoms with Crippen molar-refractivity contribution < 1.29 is 9.66 Å². The van der Waals surface area contributed by atoms with E-state index < -0.39 is 0 Å². The van der Waals surface area contributed by atoms with Crippen molar-refractivity contribution >= 4 is 52.9 Å². The first-order chi connectivity index (χ1) is 14.0. The van der Waals surface area contributed by atoms with E-state index in [4.69, 9.17) is 16.3 Å². The number of aliphatic imine (C=N–C) groups is 1. The molecular formula is C20H25ClIN5O3. The van der Waals surface area contributed by atoms with Gasteiger partial charge in [-0.2, -0.15) is 0 Å². The van der Waals surface area contributed by atoms with Crippen LogP contribution in [0.4, 0.5) is 11.4 Å². The number of rotatable bonds is 6. The average Bonchev–Trinajstić information content (AvgIpc) is 3.19. The van der Waals surface area contributed by atoms with Crippen molar-refractivity contribution in [3.8, 4) is 5.75 Å². The van der Waals surface area contributed by atoms with E-state index in [0.717, 1.165) is 30.9 Å². The van der Waals surface area contributed by atoms with Gasteiger partial charge in [0.1, 0.15) is 5.75 Å². The van der Waals surface area contributed by atoms with E-state index in [1.54, 1.807) is 32.4 Å². The Balaban J connectivity index is 0.00000320. The highest BCUT2D eigenvalue weighted by atomic mass is 127. The van der Waals surface area contributed by atoms with Crippen LogP contribution >= 0.6 is 35.6 Å². The molecule has 0 amide bonds. The normalized spacial score (nSPS) is 16.0. The van der Waals surface area contributed by atoms with Gasteiger partial charge >= 0.3 is 0 Å². The van der Waals surface area contributed by atoms with Gasteiger partial charge in [0.15, 0.2) is 5.96 Å². The number of nitro benzene ring substituents is 1. The summed E-state index contributed by atoms with van der Waals surface area (Å²) in [4.78, 5) is 17.3. The summed E-state index contributed by atoms with van der Waals surface area (Å²) in [5.41, 5.74) is 1.67. The lowest BCUT2D eigenvalue weighted by molar-refractivity contribution is -0.385. The van der Waals surface area contributed by atoms with E-state index in [-0.39, 0.29) is 40.6 Å². The largest absolute Gasteiger partial charge is 0.495 e. The smallest absolute Gasteiger partial charge is 0.274 e. The second-order valence-electron chi connectivity index (χ2n) is 6.70. The fraction of sp³-hybridized carbons (Fsp3) is 0.350. The molecular weight excluding hydrogens is 521 g/mol. The zero-order valence-electron chi connectivity index (χ0n) is 16.8. The SMILES string of the molecule is CN=C(NCc1ccccc1[N+](=O)[O-])NC1CCN(c2cc(Cl)ccc2OC)C1.I. The van der Waals surface area contributed by atoms with Crippen molar-refractivity contribution in [1.29, 1.82) is 0 Å². The van der Waals surface area contributed by atoms with Gasteiger partial charge in [0.05, 0.1) is 17.7 Å². The molecule has 2 aromatic rings. The standard InChI is InChI=1S/C20H24ClN5O3.HI/c1-22-20(23-12-14-5-3-4-6-17(14)26(27)28)24-16-9-10-25(13-16)18-11-15(21)7-8-19(18)29-2;/h3-8,11,16H,9-10,12-13H2,1-2H3,(H2,22,23,24);1H. The van der Waals surface area contributed by atoms with E-state index in [9.17, 15) is 10.1 Å². The first-order valence-electron chi connectivity index (χ1n) is 9.29. The Morgan fingerprint density at radius 1 is 1.37 bits per heavy atom. The highest BCUT2D eigenvalue weighted by molar-refractivity contribution is 14.0. The van der Waals surface area contributed by atoms with Gasteiger partial charge in [0, 0.05) is 49.4 Å². The molecule has 1 saturated heterocycles. The molecule has 1 unspecified atom stereocenters. The van der Waals surface area contributed by atoms with Crippen molar-refractivity contribution in [2.24, 2.45) is 4.99 Å². The van der Waals surface area contributed by atoms with Gasteiger partial charge in [-0.15, -0.1) is 24.0 Å². The minimum Gasteiger partial charge on any atom is -0.495 e. The predicted molar refractivity (Wildman–Crippen MR) is 130 cm³/mol. The first-order valence-corrected chi connectivity index (χ1v) is 9.67. The van der Waals surface area contributed by atoms with E-state index in [1.165, 1.54) is 6.07 Å². The van der Waals surface area contributed by atoms with Gasteiger partial charge < -0.3 is 20.3 Å². The van der Waals surface area contributed by atoms with Crippen LogP contribution in [0.15, 0.2) is 47.5 Å². The van der Waals surface area contributed by atoms with E-state index >= 15 is 0 Å². The number of hydrogen-bond donors (Lipinski definition) is 2. The fourth-order valence-corrected chi connectivity index (χ4v) is 3.58. The highest BCUT2D eigenvalue weighted by Gasteiger charge is 2.25. The van der Waals surface area contributed by atoms with Crippen LogP contribution in [0, 0.1) is 10.1 Å². The van der Waals surface area contributed by atoms with Crippen LogP contribution in [0.3, 0.4) is 0 Å². The molecule has 1 atom stereocenters. The molecule has 0 bridgehead atoms. The number of nitro groups is 1. The van der Waals surface area contributed by atoms with Crippen LogP contribution in [0.1, 0.15) is 12.0 Å². The number of ether oxygens (including phenoxy) is 1. The number of anilines is 1. The zero-order chi connectivity index (χ0) is 20.8. The molecule has 0 aromatic heterocycles. The molecule has 0 radical (unpaired) electrons. The summed E-state index contributed by atoms with van der Waals surface area (Å²) in [5, 5.41) is 18.4. The van der Waals surface area contributed by atoms with Crippen LogP contribution < -0.4 is 20.3 Å². The molecule has 8 nitrogen and oxygen atoms in total. The minimum atomic E-state index is -0.375. The van der Waals surface area contributed by atoms with Crippen molar-refractivity contribution in [1.82, 2.24) is 10.6 Å². The van der Waals surface area contributed by atoms with Gasteiger partial charge in [-0.1, -0.05) is 29.8 Å². The molecule has 0 spiro atoms. The van der Waals surface area contributed by atoms with Crippen LogP contribution in [-0.2, 0) is 6.54 Å². The van der Waals surface area contributed by atoms with Gasteiger partial charge in [0.2, 0.25) is 0 Å². The maximum Gasteiger partial charge on any atom is 0.274 e. The molecule has 162 valence electrons. The molecule has 1 fully saturated rings. The lowest BCUT2D eigenvalue weighted by atomic mass is 10.2. The van der Waals surface area contributed by atoms with Crippen molar-refractivity contribution in [2.75, 3.05) is 32.1 Å². The third-order valence-electron chi connectivity index (χ3n) is 4.87. The fourth-order valence-electron chi connectivity index (χ4n) is 3.41. The molecule has 1 aliphatic rings. The second-order valence-corrected chi connectivity index (χ2v) is 7.14. The molecule has 2 N–H and O–H groups in total. The topological polar surface area (TPSA) is 92.0 Å². The maximum absolute atomic E-state index is 11.2. The average molecular weight is 546 g/mol. The summed E-state index contributed by atoms with van der Waals surface area (Å²) in [7, 11) is 3.33. The Bertz CT molecular complexity index is 912. The number of nitrogens with zero attached hydrogens (tertiary/aromatic N) is 3. The van der Waals surface area contributed by atoms with E-state index in [0.29, 0.717) is 23.1 Å². The number of benzene rings is 2. The molecule has 30 heavy (non-hydrogen) atoms. The third-order valence-corrected chi connectivity index (χ3v) is 5.10. The molecule has 10 heteroatoms. The van der Waals surface area contributed by atoms with Gasteiger partial charge in [0.25, 0.3) is 5.69 Å². The second kappa shape index (κ2) is 11.2. The number of nitrogens with one attached hydrogen (secondary N) is 2. The molecule has 3 rings (SSSR count). The number of guanidine groups is 1. The van der Waals surface area contributed by atoms with Gasteiger partial charge in [-0.25, -0.2) is 0 Å². The van der Waals surface area contributed by atoms with Crippen LogP contribution in [0.2, 0.25) is 5.02 Å². The van der Waals surface area contributed by atoms with Crippen molar-refractivity contribution in [3.63, 3.8) is 0 Å². The minimum absolute atomic E-state index is 0. The summed E-state index contributed by atoms with van der Waals surface area (Å²) in [5.74, 6) is 1.39. The Hall–Kier alpha value is -2.27. The number of halogens is 2. The molecule has 0 saturated carbocycles. The summed E-state index contributed by atoms with van der Waals surface area (Å²) in [6.07, 6.45) is 0.919. The lowest BCUT2D eigenvalue weighted by Crippen LogP contribution is -2.44. The predicted octanol–water partition coefficient (Wildman–Crippen LogP) is 3.82. The first kappa shape index (κ1) is 24.0. The summed E-state index contributed by atoms with van der Waals surface area (Å²) < 4.78 is 5.46. The summed E-state index contributed by atoms with van der Waals surface area (Å²) >= 11 is 6.15. The van der Waals surface area contributed by atoms with Crippen LogP contribution in [-0.4, -0.2) is 44.2 Å².